The topological polar surface area (TPSA) is 348 Å². The molecule has 0 spiro atoms. The zero-order chi connectivity index (χ0) is 89.9. The van der Waals surface area contributed by atoms with Gasteiger partial charge in [-0.1, -0.05) is 454 Å². The van der Waals surface area contributed by atoms with Gasteiger partial charge >= 0.3 is 29.8 Å². The van der Waals surface area contributed by atoms with Gasteiger partial charge in [-0.2, -0.15) is 0 Å². The number of aliphatic carboxylic acids is 5. The van der Waals surface area contributed by atoms with Crippen molar-refractivity contribution >= 4 is 29.8 Å². The molecule has 0 aliphatic heterocycles. The Balaban J connectivity index is -0.000000248. The monoisotopic (exact) mass is 1690 g/mol. The van der Waals surface area contributed by atoms with E-state index in [9.17, 15) is 24.0 Å². The summed E-state index contributed by atoms with van der Waals surface area (Å²) >= 11 is 0. The lowest BCUT2D eigenvalue weighted by Crippen LogP contribution is -2.37. The first-order valence-electron chi connectivity index (χ1n) is 49.6. The van der Waals surface area contributed by atoms with Gasteiger partial charge in [-0.05, 0) is 61.7 Å². The van der Waals surface area contributed by atoms with Crippen LogP contribution >= 0.6 is 0 Å². The van der Waals surface area contributed by atoms with Crippen LogP contribution in [0.4, 0.5) is 0 Å². The molecule has 0 unspecified atom stereocenters. The lowest BCUT2D eigenvalue weighted by Gasteiger charge is -2.23. The van der Waals surface area contributed by atoms with Crippen LogP contribution < -0.4 is 0 Å². The standard InChI is InChI=1S/5C18H36O2.2C5H12O4/c5*1-17(2)15-13-11-9-7-5-3-4-6-8-10-12-14-16-18(19)20;2*6-1-5(2-7,3-8)4-9/h5*17H,3-16H2,1-2H3,(H,19,20);2*6-9H,1-4H2. The highest BCUT2D eigenvalue weighted by atomic mass is 16.4. The largest absolute Gasteiger partial charge is 0.481 e. The van der Waals surface area contributed by atoms with E-state index in [-0.39, 0.29) is 0 Å². The van der Waals surface area contributed by atoms with Crippen LogP contribution in [0.15, 0.2) is 0 Å². The van der Waals surface area contributed by atoms with Crippen molar-refractivity contribution in [2.24, 2.45) is 40.4 Å². The maximum atomic E-state index is 10.3. The SMILES string of the molecule is CC(C)CCCCCCCCCCCCCCC(=O)O.CC(C)CCCCCCCCCCCCCCC(=O)O.CC(C)CCCCCCCCCCCCCCC(=O)O.CC(C)CCCCCCCCCCCCCCC(=O)O.CC(C)CCCCCCCCCCCCCCC(=O)O.OCC(CO)(CO)CO.OCC(CO)(CO)CO. The highest BCUT2D eigenvalue weighted by Crippen LogP contribution is 2.22. The minimum atomic E-state index is -1.11. The Bertz CT molecular complexity index is 1620. The summed E-state index contributed by atoms with van der Waals surface area (Å²) in [7, 11) is 0. The van der Waals surface area contributed by atoms with Gasteiger partial charge < -0.3 is 66.4 Å². The number of unbranched alkanes of at least 4 members (excludes halogenated alkanes) is 55. The van der Waals surface area contributed by atoms with E-state index in [1.807, 2.05) is 0 Å². The summed E-state index contributed by atoms with van der Waals surface area (Å²) in [6, 6.07) is 0. The van der Waals surface area contributed by atoms with Crippen molar-refractivity contribution in [2.75, 3.05) is 52.9 Å². The van der Waals surface area contributed by atoms with E-state index < -0.39 is 93.5 Å². The molecule has 0 amide bonds. The van der Waals surface area contributed by atoms with Crippen molar-refractivity contribution in [3.63, 3.8) is 0 Å². The van der Waals surface area contributed by atoms with Crippen molar-refractivity contribution in [3.05, 3.63) is 0 Å². The van der Waals surface area contributed by atoms with E-state index in [0.29, 0.717) is 32.1 Å². The first-order valence-corrected chi connectivity index (χ1v) is 49.6. The molecule has 0 atom stereocenters. The van der Waals surface area contributed by atoms with Gasteiger partial charge in [-0.3, -0.25) is 24.0 Å². The summed E-state index contributed by atoms with van der Waals surface area (Å²) in [5.41, 5.74) is -2.22. The molecule has 0 saturated heterocycles. The second-order valence-electron chi connectivity index (χ2n) is 37.1. The first kappa shape index (κ1) is 128. The van der Waals surface area contributed by atoms with Crippen LogP contribution in [-0.4, -0.2) is 149 Å². The molecule has 0 bridgehead atoms. The van der Waals surface area contributed by atoms with Gasteiger partial charge in [-0.15, -0.1) is 0 Å². The Morgan fingerprint density at radius 3 is 0.288 bits per heavy atom. The summed E-state index contributed by atoms with van der Waals surface area (Å²) in [5, 5.41) is 111. The molecule has 0 heterocycles. The van der Waals surface area contributed by atoms with Gasteiger partial charge in [-0.25, -0.2) is 0 Å². The van der Waals surface area contributed by atoms with Gasteiger partial charge in [0, 0.05) is 32.1 Å². The minimum Gasteiger partial charge on any atom is -0.481 e. The number of carboxylic acids is 5. The third-order valence-electron chi connectivity index (χ3n) is 22.3. The molecular weight excluding hydrogens is 1490 g/mol. The Morgan fingerprint density at radius 2 is 0.229 bits per heavy atom. The lowest BCUT2D eigenvalue weighted by atomic mass is 9.93. The van der Waals surface area contributed by atoms with Crippen LogP contribution in [-0.2, 0) is 24.0 Å². The van der Waals surface area contributed by atoms with E-state index in [1.54, 1.807) is 0 Å². The van der Waals surface area contributed by atoms with Gasteiger partial charge in [0.25, 0.3) is 0 Å². The third kappa shape index (κ3) is 126. The number of carboxylic acid groups (broad SMARTS) is 5. The smallest absolute Gasteiger partial charge is 0.303 e. The molecule has 0 fully saturated rings. The molecule has 0 aliphatic carbocycles. The molecule has 13 N–H and O–H groups in total. The van der Waals surface area contributed by atoms with Gasteiger partial charge in [0.05, 0.1) is 63.7 Å². The summed E-state index contributed by atoms with van der Waals surface area (Å²) in [5.74, 6) is 1.06. The molecule has 18 heteroatoms. The third-order valence-corrected chi connectivity index (χ3v) is 22.3. The number of hydrogen-bond acceptors (Lipinski definition) is 13. The predicted octanol–water partition coefficient (Wildman–Crippen LogP) is 26.8. The van der Waals surface area contributed by atoms with Crippen LogP contribution in [0.2, 0.25) is 0 Å². The zero-order valence-corrected chi connectivity index (χ0v) is 79.4. The highest BCUT2D eigenvalue weighted by Gasteiger charge is 2.27. The van der Waals surface area contributed by atoms with Crippen LogP contribution in [0, 0.1) is 40.4 Å². The molecular formula is C100H204O18. The molecule has 0 aliphatic rings. The number of hydrogen-bond donors (Lipinski definition) is 13. The molecule has 0 aromatic rings. The molecule has 0 rings (SSSR count). The average Bonchev–Trinajstić information content (AvgIpc) is 0.919. The summed E-state index contributed by atoms with van der Waals surface area (Å²) in [4.78, 5) is 51.7. The first-order chi connectivity index (χ1) is 56.6. The van der Waals surface area contributed by atoms with Crippen LogP contribution in [0.3, 0.4) is 0 Å². The minimum absolute atomic E-state index is 0.344. The number of carbonyl (C=O) groups is 5. The maximum Gasteiger partial charge on any atom is 0.303 e. The highest BCUT2D eigenvalue weighted by molar-refractivity contribution is 5.67. The summed E-state index contributed by atoms with van der Waals surface area (Å²) in [6.45, 7) is 19.8. The Hall–Kier alpha value is -2.97. The summed E-state index contributed by atoms with van der Waals surface area (Å²) in [6.07, 6.45) is 86.6. The van der Waals surface area contributed by atoms with Crippen molar-refractivity contribution < 1.29 is 90.4 Å². The van der Waals surface area contributed by atoms with E-state index >= 15 is 0 Å². The average molecular weight is 1690 g/mol. The molecule has 18 nitrogen and oxygen atoms in total. The second kappa shape index (κ2) is 106. The Labute approximate surface area is 728 Å². The fourth-order valence-corrected chi connectivity index (χ4v) is 13.6. The maximum absolute atomic E-state index is 10.3. The Kier molecular flexibility index (Phi) is 116. The van der Waals surface area contributed by atoms with Crippen molar-refractivity contribution in [2.45, 2.75) is 519 Å². The zero-order valence-electron chi connectivity index (χ0n) is 79.4. The van der Waals surface area contributed by atoms with Crippen molar-refractivity contribution in [1.82, 2.24) is 0 Å². The predicted molar refractivity (Wildman–Crippen MR) is 497 cm³/mol. The molecule has 0 aromatic heterocycles. The fraction of sp³-hybridized carbons (Fsp3) is 0.950. The molecule has 0 saturated carbocycles. The van der Waals surface area contributed by atoms with Crippen molar-refractivity contribution in [1.29, 1.82) is 0 Å². The number of aliphatic hydroxyl groups excluding tert-OH is 8. The summed E-state index contributed by atoms with van der Waals surface area (Å²) < 4.78 is 0. The quantitative estimate of drug-likeness (QED) is 0.0252. The number of aliphatic hydroxyl groups is 8. The Morgan fingerprint density at radius 1 is 0.153 bits per heavy atom. The van der Waals surface area contributed by atoms with Crippen molar-refractivity contribution in [3.8, 4) is 0 Å². The van der Waals surface area contributed by atoms with Gasteiger partial charge in [0.2, 0.25) is 0 Å². The van der Waals surface area contributed by atoms with Crippen LogP contribution in [0.25, 0.3) is 0 Å². The van der Waals surface area contributed by atoms with Crippen LogP contribution in [0.5, 0.6) is 0 Å². The molecule has 0 radical (unpaired) electrons. The van der Waals surface area contributed by atoms with E-state index in [1.165, 1.54) is 353 Å². The number of rotatable bonds is 83. The van der Waals surface area contributed by atoms with E-state index in [0.717, 1.165) is 93.8 Å². The van der Waals surface area contributed by atoms with Gasteiger partial charge in [0.1, 0.15) is 0 Å². The van der Waals surface area contributed by atoms with E-state index in [4.69, 9.17) is 66.4 Å². The van der Waals surface area contributed by atoms with Gasteiger partial charge in [0.15, 0.2) is 0 Å². The molecule has 0 aromatic carbocycles. The normalized spacial score (nSPS) is 11.3. The lowest BCUT2D eigenvalue weighted by molar-refractivity contribution is -0.138. The second-order valence-corrected chi connectivity index (χ2v) is 37.1. The fourth-order valence-electron chi connectivity index (χ4n) is 13.6. The molecule has 118 heavy (non-hydrogen) atoms. The van der Waals surface area contributed by atoms with Crippen LogP contribution in [0.1, 0.15) is 519 Å². The van der Waals surface area contributed by atoms with E-state index in [2.05, 4.69) is 69.2 Å². The molecule has 712 valence electrons.